The molecule has 1 aliphatic heterocycles. The molecule has 3 aromatic carbocycles. The number of hydrogen-bond acceptors (Lipinski definition) is 8. The maximum Gasteiger partial charge on any atom is 0.244 e. The molecule has 1 fully saturated rings. The Balaban J connectivity index is 1.39. The minimum absolute atomic E-state index is 0.0478. The van der Waals surface area contributed by atoms with Gasteiger partial charge in [0.1, 0.15) is 31.6 Å². The molecule has 0 radical (unpaired) electrons. The third kappa shape index (κ3) is 7.69. The number of anilines is 1. The minimum Gasteiger partial charge on any atom is -0.491 e. The van der Waals surface area contributed by atoms with E-state index in [9.17, 15) is 23.1 Å². The number of aliphatic hydroxyl groups is 1. The second-order valence-electron chi connectivity index (χ2n) is 9.42. The highest BCUT2D eigenvalue weighted by molar-refractivity contribution is 7.89. The number of ether oxygens (including phenoxy) is 1. The second-order valence-corrected chi connectivity index (χ2v) is 11.3. The fourth-order valence-electron chi connectivity index (χ4n) is 4.36. The van der Waals surface area contributed by atoms with E-state index in [1.807, 2.05) is 30.3 Å². The molecular formula is C29H32N4O7S. The molecule has 0 aromatic heterocycles. The van der Waals surface area contributed by atoms with Crippen LogP contribution in [0.4, 0.5) is 5.69 Å². The summed E-state index contributed by atoms with van der Waals surface area (Å²) in [6, 6.07) is 21.6. The zero-order valence-corrected chi connectivity index (χ0v) is 23.5. The van der Waals surface area contributed by atoms with Gasteiger partial charge in [0, 0.05) is 25.6 Å². The number of aliphatic hydroxyl groups excluding tert-OH is 1. The molecule has 11 nitrogen and oxygen atoms in total. The van der Waals surface area contributed by atoms with Gasteiger partial charge < -0.3 is 25.3 Å². The van der Waals surface area contributed by atoms with Crippen molar-refractivity contribution in [1.29, 1.82) is 0 Å². The molecule has 4 rings (SSSR count). The molecule has 2 amide bonds. The zero-order chi connectivity index (χ0) is 29.4. The van der Waals surface area contributed by atoms with Gasteiger partial charge in [-0.2, -0.15) is 4.31 Å². The van der Waals surface area contributed by atoms with E-state index in [0.29, 0.717) is 17.1 Å². The van der Waals surface area contributed by atoms with Crippen LogP contribution in [0.25, 0.3) is 11.1 Å². The molecule has 1 heterocycles. The first kappa shape index (κ1) is 29.7. The number of rotatable bonds is 11. The lowest BCUT2D eigenvalue weighted by molar-refractivity contribution is -0.124. The number of nitrogens with zero attached hydrogens (tertiary/aromatic N) is 2. The number of nitrogens with one attached hydrogen (secondary N) is 2. The van der Waals surface area contributed by atoms with Crippen molar-refractivity contribution in [3.8, 4) is 16.9 Å². The van der Waals surface area contributed by atoms with Gasteiger partial charge in [-0.05, 0) is 47.5 Å². The highest BCUT2D eigenvalue weighted by Crippen LogP contribution is 2.28. The van der Waals surface area contributed by atoms with E-state index >= 15 is 0 Å². The molecule has 1 aliphatic rings. The fourth-order valence-corrected chi connectivity index (χ4v) is 5.94. The molecular weight excluding hydrogens is 548 g/mol. The number of benzene rings is 3. The van der Waals surface area contributed by atoms with Crippen LogP contribution in [0.2, 0.25) is 0 Å². The Labute approximate surface area is 238 Å². The molecule has 0 aliphatic carbocycles. The van der Waals surface area contributed by atoms with E-state index in [2.05, 4.69) is 15.8 Å². The van der Waals surface area contributed by atoms with Crippen molar-refractivity contribution in [2.45, 2.75) is 30.4 Å². The topological polar surface area (TPSA) is 147 Å². The van der Waals surface area contributed by atoms with Gasteiger partial charge in [0.2, 0.25) is 21.8 Å². The number of carbonyl (C=O) groups is 2. The van der Waals surface area contributed by atoms with Crippen LogP contribution in [-0.4, -0.2) is 74.3 Å². The van der Waals surface area contributed by atoms with E-state index in [1.54, 1.807) is 36.4 Å². The van der Waals surface area contributed by atoms with Crippen LogP contribution in [-0.2, 0) is 24.4 Å². The molecule has 3 N–H and O–H groups in total. The summed E-state index contributed by atoms with van der Waals surface area (Å²) >= 11 is 0. The van der Waals surface area contributed by atoms with Crippen LogP contribution >= 0.6 is 0 Å². The van der Waals surface area contributed by atoms with Crippen LogP contribution in [0.3, 0.4) is 0 Å². The normalized spacial score (nSPS) is 17.1. The SMILES string of the molecule is CON=C1C[C@@H](C(=O)NCC(O)COc2ccc(NC(C)=O)cc2)N(S(=O)(=O)c2ccc(-c3ccccc3)cc2)C1. The maximum atomic E-state index is 13.6. The lowest BCUT2D eigenvalue weighted by Crippen LogP contribution is -2.48. The number of carbonyl (C=O) groups excluding carboxylic acids is 2. The van der Waals surface area contributed by atoms with E-state index in [4.69, 9.17) is 9.57 Å². The molecule has 0 bridgehead atoms. The summed E-state index contributed by atoms with van der Waals surface area (Å²) in [6.45, 7) is 1.03. The standard InChI is InChI=1S/C29H32N4O7S/c1-20(34)31-23-10-12-26(13-11-23)40-19-25(35)17-30-29(36)28-16-24(32-39-2)18-33(28)41(37,38)27-14-8-22(9-15-27)21-6-4-3-5-7-21/h3-15,25,28,35H,16-19H2,1-2H3,(H,30,36)(H,31,34)/t25?,28-/m0/s1. The average Bonchev–Trinajstić information content (AvgIpc) is 3.41. The summed E-state index contributed by atoms with van der Waals surface area (Å²) in [5.41, 5.74) is 2.83. The number of amides is 2. The van der Waals surface area contributed by atoms with Crippen LogP contribution in [0, 0.1) is 0 Å². The van der Waals surface area contributed by atoms with Crippen molar-refractivity contribution in [2.24, 2.45) is 5.16 Å². The first-order valence-electron chi connectivity index (χ1n) is 12.9. The summed E-state index contributed by atoms with van der Waals surface area (Å²) in [5.74, 6) is -0.300. The van der Waals surface area contributed by atoms with Crippen LogP contribution in [0.1, 0.15) is 13.3 Å². The Morgan fingerprint density at radius 2 is 1.68 bits per heavy atom. The van der Waals surface area contributed by atoms with Gasteiger partial charge >= 0.3 is 0 Å². The first-order chi connectivity index (χ1) is 19.7. The van der Waals surface area contributed by atoms with Crippen molar-refractivity contribution >= 4 is 33.2 Å². The lowest BCUT2D eigenvalue weighted by atomic mass is 10.1. The Bertz CT molecular complexity index is 1480. The summed E-state index contributed by atoms with van der Waals surface area (Å²) in [6.07, 6.45) is -1.01. The number of oxime groups is 1. The fraction of sp³-hybridized carbons (Fsp3) is 0.276. The molecule has 12 heteroatoms. The molecule has 216 valence electrons. The van der Waals surface area contributed by atoms with E-state index < -0.39 is 28.1 Å². The molecule has 2 atom stereocenters. The molecule has 0 saturated carbocycles. The first-order valence-corrected chi connectivity index (χ1v) is 14.3. The molecule has 3 aromatic rings. The van der Waals surface area contributed by atoms with Crippen molar-refractivity contribution in [3.63, 3.8) is 0 Å². The van der Waals surface area contributed by atoms with Crippen LogP contribution < -0.4 is 15.4 Å². The largest absolute Gasteiger partial charge is 0.491 e. The Morgan fingerprint density at radius 3 is 2.32 bits per heavy atom. The van der Waals surface area contributed by atoms with Crippen molar-refractivity contribution in [1.82, 2.24) is 9.62 Å². The van der Waals surface area contributed by atoms with Gasteiger partial charge in [0.15, 0.2) is 0 Å². The van der Waals surface area contributed by atoms with E-state index in [1.165, 1.54) is 26.2 Å². The summed E-state index contributed by atoms with van der Waals surface area (Å²) in [7, 11) is -2.70. The van der Waals surface area contributed by atoms with Gasteiger partial charge in [-0.3, -0.25) is 9.59 Å². The van der Waals surface area contributed by atoms with Crippen molar-refractivity contribution in [3.05, 3.63) is 78.9 Å². The highest BCUT2D eigenvalue weighted by Gasteiger charge is 2.42. The average molecular weight is 581 g/mol. The van der Waals surface area contributed by atoms with Gasteiger partial charge in [-0.15, -0.1) is 0 Å². The zero-order valence-electron chi connectivity index (χ0n) is 22.7. The maximum absolute atomic E-state index is 13.6. The molecule has 0 spiro atoms. The Hall–Kier alpha value is -4.26. The Kier molecular flexibility index (Phi) is 9.71. The minimum atomic E-state index is -4.06. The van der Waals surface area contributed by atoms with E-state index in [0.717, 1.165) is 15.4 Å². The predicted molar refractivity (Wildman–Crippen MR) is 154 cm³/mol. The molecule has 1 saturated heterocycles. The van der Waals surface area contributed by atoms with Crippen LogP contribution in [0.15, 0.2) is 88.9 Å². The van der Waals surface area contributed by atoms with Gasteiger partial charge in [-0.25, -0.2) is 8.42 Å². The monoisotopic (exact) mass is 580 g/mol. The van der Waals surface area contributed by atoms with Gasteiger partial charge in [0.25, 0.3) is 0 Å². The third-order valence-corrected chi connectivity index (χ3v) is 8.20. The number of sulfonamides is 1. The van der Waals surface area contributed by atoms with Gasteiger partial charge in [0.05, 0.1) is 17.2 Å². The molecule has 41 heavy (non-hydrogen) atoms. The number of hydrogen-bond donors (Lipinski definition) is 3. The summed E-state index contributed by atoms with van der Waals surface area (Å²) in [5, 5.41) is 19.5. The van der Waals surface area contributed by atoms with Crippen molar-refractivity contribution in [2.75, 3.05) is 32.1 Å². The Morgan fingerprint density at radius 1 is 1.02 bits per heavy atom. The quantitative estimate of drug-likeness (QED) is 0.296. The smallest absolute Gasteiger partial charge is 0.244 e. The van der Waals surface area contributed by atoms with Crippen LogP contribution in [0.5, 0.6) is 5.75 Å². The summed E-state index contributed by atoms with van der Waals surface area (Å²) < 4.78 is 33.8. The second kappa shape index (κ2) is 13.4. The third-order valence-electron chi connectivity index (χ3n) is 6.34. The molecule has 1 unspecified atom stereocenters. The van der Waals surface area contributed by atoms with E-state index in [-0.39, 0.29) is 36.9 Å². The summed E-state index contributed by atoms with van der Waals surface area (Å²) in [4.78, 5) is 29.2. The lowest BCUT2D eigenvalue weighted by Gasteiger charge is -2.23. The van der Waals surface area contributed by atoms with Gasteiger partial charge in [-0.1, -0.05) is 47.6 Å². The van der Waals surface area contributed by atoms with Crippen molar-refractivity contribution < 1.29 is 32.7 Å². The highest BCUT2D eigenvalue weighted by atomic mass is 32.2. The predicted octanol–water partition coefficient (Wildman–Crippen LogP) is 2.63.